The summed E-state index contributed by atoms with van der Waals surface area (Å²) < 4.78 is 49.9. The molecular weight excluding hydrogens is 370 g/mol. The molecule has 0 saturated heterocycles. The van der Waals surface area contributed by atoms with Crippen LogP contribution in [-0.2, 0) is 21.2 Å². The van der Waals surface area contributed by atoms with Crippen molar-refractivity contribution < 1.29 is 22.0 Å². The molecule has 2 aromatic heterocycles. The highest BCUT2D eigenvalue weighted by atomic mass is 32.2. The van der Waals surface area contributed by atoms with Crippen molar-refractivity contribution in [1.82, 2.24) is 14.2 Å². The van der Waals surface area contributed by atoms with E-state index in [-0.39, 0.29) is 12.2 Å². The molecule has 0 bridgehead atoms. The maximum absolute atomic E-state index is 12.5. The third-order valence-electron chi connectivity index (χ3n) is 3.48. The lowest BCUT2D eigenvalue weighted by Crippen LogP contribution is -2.28. The fourth-order valence-electron chi connectivity index (χ4n) is 2.24. The second kappa shape index (κ2) is 6.67. The molecule has 8 nitrogen and oxygen atoms in total. The van der Waals surface area contributed by atoms with E-state index in [1.54, 1.807) is 18.2 Å². The van der Waals surface area contributed by atoms with Crippen molar-refractivity contribution in [3.05, 3.63) is 59.1 Å². The van der Waals surface area contributed by atoms with Gasteiger partial charge in [-0.25, -0.2) is 17.9 Å². The molecule has 2 heterocycles. The van der Waals surface area contributed by atoms with Gasteiger partial charge in [-0.1, -0.05) is 6.07 Å². The monoisotopic (exact) mass is 382 g/mol. The zero-order chi connectivity index (χ0) is 18.9. The van der Waals surface area contributed by atoms with E-state index in [4.69, 9.17) is 0 Å². The highest BCUT2D eigenvalue weighted by Crippen LogP contribution is 2.20. The van der Waals surface area contributed by atoms with Gasteiger partial charge in [-0.05, 0) is 36.4 Å². The molecule has 136 valence electrons. The van der Waals surface area contributed by atoms with Crippen LogP contribution in [0, 0.1) is 0 Å². The molecule has 0 aliphatic heterocycles. The normalized spacial score (nSPS) is 11.8. The first-order valence-corrected chi connectivity index (χ1v) is 8.80. The molecule has 0 spiro atoms. The summed E-state index contributed by atoms with van der Waals surface area (Å²) in [5.74, 6) is -4.11. The number of aromatic nitrogens is 3. The lowest BCUT2D eigenvalue weighted by Gasteiger charge is -2.07. The Bertz CT molecular complexity index is 1120. The maximum atomic E-state index is 12.5. The summed E-state index contributed by atoms with van der Waals surface area (Å²) in [6, 6.07) is 9.25. The van der Waals surface area contributed by atoms with Gasteiger partial charge in [-0.3, -0.25) is 9.20 Å². The average Bonchev–Trinajstić information content (AvgIpc) is 2.91. The van der Waals surface area contributed by atoms with E-state index in [1.165, 1.54) is 22.7 Å². The van der Waals surface area contributed by atoms with Gasteiger partial charge in [-0.15, -0.1) is 5.10 Å². The van der Waals surface area contributed by atoms with Crippen molar-refractivity contribution in [2.75, 3.05) is 5.32 Å². The third kappa shape index (κ3) is 3.33. The molecule has 3 aromatic rings. The highest BCUT2D eigenvalue weighted by molar-refractivity contribution is 7.91. The van der Waals surface area contributed by atoms with Crippen LogP contribution in [0.25, 0.3) is 5.65 Å². The minimum atomic E-state index is -4.70. The first-order valence-electron chi connectivity index (χ1n) is 7.25. The summed E-state index contributed by atoms with van der Waals surface area (Å²) in [5, 5.41) is 6.44. The van der Waals surface area contributed by atoms with Crippen LogP contribution in [0.15, 0.2) is 58.4 Å². The van der Waals surface area contributed by atoms with Crippen molar-refractivity contribution in [3.63, 3.8) is 0 Å². The number of amides is 1. The van der Waals surface area contributed by atoms with Crippen LogP contribution < -0.4 is 11.0 Å². The Morgan fingerprint density at radius 3 is 2.46 bits per heavy atom. The molecule has 0 saturated carbocycles. The number of benzene rings is 1. The molecule has 11 heteroatoms. The van der Waals surface area contributed by atoms with E-state index < -0.39 is 32.1 Å². The largest absolute Gasteiger partial charge is 0.350 e. The Hall–Kier alpha value is -3.08. The second-order valence-corrected chi connectivity index (χ2v) is 7.17. The summed E-state index contributed by atoms with van der Waals surface area (Å²) >= 11 is 0. The van der Waals surface area contributed by atoms with Crippen molar-refractivity contribution >= 4 is 27.1 Å². The fraction of sp³-hybridized carbons (Fsp3) is 0.133. The number of sulfone groups is 1. The molecule has 0 atom stereocenters. The number of halogens is 2. The van der Waals surface area contributed by atoms with Crippen LogP contribution in [0.3, 0.4) is 0 Å². The predicted molar refractivity (Wildman–Crippen MR) is 87.7 cm³/mol. The fourth-order valence-corrected chi connectivity index (χ4v) is 2.96. The molecule has 0 aliphatic carbocycles. The Morgan fingerprint density at radius 1 is 1.15 bits per heavy atom. The number of pyridine rings is 1. The van der Waals surface area contributed by atoms with Crippen LogP contribution >= 0.6 is 0 Å². The SMILES string of the molecule is O=C(Cn1nc2ccccn2c1=O)Nc1ccc(S(=O)(=O)C(F)F)cc1. The second-order valence-electron chi connectivity index (χ2n) is 5.25. The quantitative estimate of drug-likeness (QED) is 0.713. The van der Waals surface area contributed by atoms with E-state index in [0.29, 0.717) is 5.65 Å². The van der Waals surface area contributed by atoms with E-state index in [0.717, 1.165) is 16.8 Å². The number of anilines is 1. The molecule has 0 unspecified atom stereocenters. The third-order valence-corrected chi connectivity index (χ3v) is 4.88. The Labute approximate surface area is 145 Å². The van der Waals surface area contributed by atoms with Crippen molar-refractivity contribution in [2.45, 2.75) is 17.2 Å². The number of carbonyl (C=O) groups excluding carboxylic acids is 1. The van der Waals surface area contributed by atoms with E-state index in [1.807, 2.05) is 0 Å². The van der Waals surface area contributed by atoms with Gasteiger partial charge in [0.05, 0.1) is 4.90 Å². The molecular formula is C15H12F2N4O4S. The molecule has 1 N–H and O–H groups in total. The van der Waals surface area contributed by atoms with Gasteiger partial charge >= 0.3 is 11.4 Å². The Morgan fingerprint density at radius 2 is 1.85 bits per heavy atom. The first kappa shape index (κ1) is 17.7. The van der Waals surface area contributed by atoms with Gasteiger partial charge in [0, 0.05) is 11.9 Å². The summed E-state index contributed by atoms with van der Waals surface area (Å²) in [4.78, 5) is 23.6. The minimum Gasteiger partial charge on any atom is -0.324 e. The number of nitrogens with one attached hydrogen (secondary N) is 1. The Kier molecular flexibility index (Phi) is 4.55. The number of hydrogen-bond acceptors (Lipinski definition) is 5. The lowest BCUT2D eigenvalue weighted by atomic mass is 10.3. The van der Waals surface area contributed by atoms with Crippen LogP contribution in [0.2, 0.25) is 0 Å². The molecule has 1 aromatic carbocycles. The lowest BCUT2D eigenvalue weighted by molar-refractivity contribution is -0.117. The standard InChI is InChI=1S/C15H12F2N4O4S/c16-14(17)26(24,25)11-6-4-10(5-7-11)18-13(22)9-21-15(23)20-8-2-1-3-12(20)19-21/h1-8,14H,9H2,(H,18,22). The average molecular weight is 382 g/mol. The summed E-state index contributed by atoms with van der Waals surface area (Å²) in [7, 11) is -4.70. The number of nitrogens with zero attached hydrogens (tertiary/aromatic N) is 3. The van der Waals surface area contributed by atoms with Gasteiger partial charge in [0.15, 0.2) is 5.65 Å². The maximum Gasteiger partial charge on any atom is 0.350 e. The van der Waals surface area contributed by atoms with Crippen LogP contribution in [0.4, 0.5) is 14.5 Å². The smallest absolute Gasteiger partial charge is 0.324 e. The molecule has 26 heavy (non-hydrogen) atoms. The van der Waals surface area contributed by atoms with Gasteiger partial charge in [0.1, 0.15) is 6.54 Å². The molecule has 0 fully saturated rings. The van der Waals surface area contributed by atoms with Gasteiger partial charge < -0.3 is 5.32 Å². The van der Waals surface area contributed by atoms with Gasteiger partial charge in [0.2, 0.25) is 15.7 Å². The zero-order valence-corrected chi connectivity index (χ0v) is 13.9. The number of alkyl halides is 2. The van der Waals surface area contributed by atoms with Crippen molar-refractivity contribution in [3.8, 4) is 0 Å². The molecule has 1 amide bonds. The Balaban J connectivity index is 1.74. The van der Waals surface area contributed by atoms with Crippen LogP contribution in [-0.4, -0.2) is 34.3 Å². The van der Waals surface area contributed by atoms with Gasteiger partial charge in [0.25, 0.3) is 0 Å². The van der Waals surface area contributed by atoms with Crippen LogP contribution in [0.1, 0.15) is 0 Å². The van der Waals surface area contributed by atoms with E-state index in [9.17, 15) is 26.8 Å². The summed E-state index contributed by atoms with van der Waals surface area (Å²) in [6.07, 6.45) is 1.52. The van der Waals surface area contributed by atoms with Crippen LogP contribution in [0.5, 0.6) is 0 Å². The summed E-state index contributed by atoms with van der Waals surface area (Å²) in [6.45, 7) is -0.363. The number of carbonyl (C=O) groups is 1. The summed E-state index contributed by atoms with van der Waals surface area (Å²) in [5.41, 5.74) is 0.0843. The zero-order valence-electron chi connectivity index (χ0n) is 13.0. The molecule has 0 radical (unpaired) electrons. The number of rotatable bonds is 5. The first-order chi connectivity index (χ1) is 12.3. The van der Waals surface area contributed by atoms with Gasteiger partial charge in [-0.2, -0.15) is 8.78 Å². The van der Waals surface area contributed by atoms with Crippen molar-refractivity contribution in [2.24, 2.45) is 0 Å². The predicted octanol–water partition coefficient (Wildman–Crippen LogP) is 1.13. The molecule has 0 aliphatic rings. The van der Waals surface area contributed by atoms with E-state index >= 15 is 0 Å². The molecule has 3 rings (SSSR count). The number of fused-ring (bicyclic) bond motifs is 1. The number of hydrogen-bond donors (Lipinski definition) is 1. The highest BCUT2D eigenvalue weighted by Gasteiger charge is 2.26. The van der Waals surface area contributed by atoms with Crippen molar-refractivity contribution in [1.29, 1.82) is 0 Å². The van der Waals surface area contributed by atoms with E-state index in [2.05, 4.69) is 10.4 Å². The topological polar surface area (TPSA) is 103 Å². The minimum absolute atomic E-state index is 0.194.